The third-order valence-corrected chi connectivity index (χ3v) is 3.95. The molecule has 0 fully saturated rings. The summed E-state index contributed by atoms with van der Waals surface area (Å²) >= 11 is 0. The summed E-state index contributed by atoms with van der Waals surface area (Å²) < 4.78 is 5.16. The van der Waals surface area contributed by atoms with E-state index in [1.54, 1.807) is 13.2 Å². The minimum Gasteiger partial charge on any atom is -0.504 e. The van der Waals surface area contributed by atoms with Gasteiger partial charge in [-0.25, -0.2) is 0 Å². The summed E-state index contributed by atoms with van der Waals surface area (Å²) in [6.07, 6.45) is 5.38. The Labute approximate surface area is 141 Å². The van der Waals surface area contributed by atoms with Crippen molar-refractivity contribution < 1.29 is 9.84 Å². The van der Waals surface area contributed by atoms with Crippen LogP contribution in [0.4, 0.5) is 0 Å². The molecule has 0 saturated heterocycles. The van der Waals surface area contributed by atoms with Gasteiger partial charge in [-0.1, -0.05) is 6.07 Å². The fraction of sp³-hybridized carbons (Fsp3) is 0.200. The molecule has 0 amide bonds. The molecule has 3 aromatic rings. The number of hydrogen-bond acceptors (Lipinski definition) is 4. The van der Waals surface area contributed by atoms with Gasteiger partial charge in [-0.3, -0.25) is 9.97 Å². The number of methoxy groups -OCH3 is 1. The Bertz CT molecular complexity index is 847. The second-order valence-electron chi connectivity index (χ2n) is 5.77. The van der Waals surface area contributed by atoms with Crippen LogP contribution < -0.4 is 4.74 Å². The lowest BCUT2D eigenvalue weighted by atomic mass is 10.0. The zero-order valence-corrected chi connectivity index (χ0v) is 13.9. The summed E-state index contributed by atoms with van der Waals surface area (Å²) in [6, 6.07) is 13.6. The van der Waals surface area contributed by atoms with Crippen molar-refractivity contribution >= 4 is 0 Å². The lowest BCUT2D eigenvalue weighted by Crippen LogP contribution is -1.95. The van der Waals surface area contributed by atoms with E-state index in [1.807, 2.05) is 49.6 Å². The van der Waals surface area contributed by atoms with Crippen molar-refractivity contribution in [3.05, 3.63) is 71.5 Å². The van der Waals surface area contributed by atoms with Crippen LogP contribution in [0.5, 0.6) is 11.5 Å². The summed E-state index contributed by atoms with van der Waals surface area (Å²) in [5.41, 5.74) is 5.28. The number of benzene rings is 1. The Hall–Kier alpha value is -2.88. The molecule has 4 nitrogen and oxygen atoms in total. The lowest BCUT2D eigenvalue weighted by molar-refractivity contribution is 0.373. The number of aromatic nitrogens is 2. The summed E-state index contributed by atoms with van der Waals surface area (Å²) in [5, 5.41) is 9.66. The molecule has 0 spiro atoms. The predicted molar refractivity (Wildman–Crippen MR) is 94.3 cm³/mol. The first-order valence-corrected chi connectivity index (χ1v) is 7.89. The number of hydrogen-bond donors (Lipinski definition) is 1. The standard InChI is InChI=1S/C20H20N2O2/c1-14-7-9-21-17(11-14)18-12-16(8-10-22-18)4-3-15-5-6-19(23)20(13-15)24-2/h5-13,23H,3-4H2,1-2H3. The fourth-order valence-electron chi connectivity index (χ4n) is 2.61. The maximum Gasteiger partial charge on any atom is 0.160 e. The molecule has 0 saturated carbocycles. The lowest BCUT2D eigenvalue weighted by Gasteiger charge is -2.08. The molecule has 3 rings (SSSR count). The summed E-state index contributed by atoms with van der Waals surface area (Å²) in [4.78, 5) is 8.82. The normalized spacial score (nSPS) is 10.6. The minimum absolute atomic E-state index is 0.165. The first kappa shape index (κ1) is 16.0. The number of aromatic hydroxyl groups is 1. The number of ether oxygens (including phenoxy) is 1. The molecule has 0 unspecified atom stereocenters. The van der Waals surface area contributed by atoms with Crippen LogP contribution in [0.2, 0.25) is 0 Å². The quantitative estimate of drug-likeness (QED) is 0.773. The van der Waals surface area contributed by atoms with Crippen LogP contribution >= 0.6 is 0 Å². The largest absolute Gasteiger partial charge is 0.504 e. The third kappa shape index (κ3) is 3.71. The monoisotopic (exact) mass is 320 g/mol. The minimum atomic E-state index is 0.165. The Morgan fingerprint density at radius 3 is 2.25 bits per heavy atom. The van der Waals surface area contributed by atoms with Gasteiger partial charge in [0.15, 0.2) is 11.5 Å². The molecule has 0 radical (unpaired) electrons. The van der Waals surface area contributed by atoms with E-state index >= 15 is 0 Å². The van der Waals surface area contributed by atoms with E-state index in [0.29, 0.717) is 5.75 Å². The molecule has 0 aliphatic rings. The molecule has 0 bridgehead atoms. The van der Waals surface area contributed by atoms with E-state index in [-0.39, 0.29) is 5.75 Å². The van der Waals surface area contributed by atoms with E-state index in [9.17, 15) is 5.11 Å². The third-order valence-electron chi connectivity index (χ3n) is 3.95. The number of phenols is 1. The highest BCUT2D eigenvalue weighted by Gasteiger charge is 2.05. The van der Waals surface area contributed by atoms with Crippen molar-refractivity contribution in [3.63, 3.8) is 0 Å². The van der Waals surface area contributed by atoms with Gasteiger partial charge in [-0.05, 0) is 72.9 Å². The Morgan fingerprint density at radius 1 is 0.875 bits per heavy atom. The molecular formula is C20H20N2O2. The van der Waals surface area contributed by atoms with Crippen LogP contribution in [0.3, 0.4) is 0 Å². The topological polar surface area (TPSA) is 55.2 Å². The molecule has 4 heteroatoms. The van der Waals surface area contributed by atoms with Crippen LogP contribution in [-0.4, -0.2) is 22.2 Å². The van der Waals surface area contributed by atoms with Gasteiger partial charge in [-0.2, -0.15) is 0 Å². The van der Waals surface area contributed by atoms with Crippen LogP contribution in [0, 0.1) is 6.92 Å². The fourth-order valence-corrected chi connectivity index (χ4v) is 2.61. The van der Waals surface area contributed by atoms with Gasteiger partial charge in [0.25, 0.3) is 0 Å². The van der Waals surface area contributed by atoms with Gasteiger partial charge in [0.05, 0.1) is 18.5 Å². The van der Waals surface area contributed by atoms with Crippen LogP contribution in [0.15, 0.2) is 54.9 Å². The average Bonchev–Trinajstić information content (AvgIpc) is 2.61. The average molecular weight is 320 g/mol. The molecule has 1 aromatic carbocycles. The second-order valence-corrected chi connectivity index (χ2v) is 5.77. The maximum absolute atomic E-state index is 9.66. The summed E-state index contributed by atoms with van der Waals surface area (Å²) in [5.74, 6) is 0.671. The van der Waals surface area contributed by atoms with Gasteiger partial charge in [0.1, 0.15) is 0 Å². The van der Waals surface area contributed by atoms with Crippen LogP contribution in [0.1, 0.15) is 16.7 Å². The molecule has 0 aliphatic heterocycles. The van der Waals surface area contributed by atoms with Gasteiger partial charge in [0.2, 0.25) is 0 Å². The molecular weight excluding hydrogens is 300 g/mol. The number of rotatable bonds is 5. The SMILES string of the molecule is COc1cc(CCc2ccnc(-c3cc(C)ccn3)c2)ccc1O. The Morgan fingerprint density at radius 2 is 1.54 bits per heavy atom. The van der Waals surface area contributed by atoms with Crippen molar-refractivity contribution in [2.75, 3.05) is 7.11 Å². The van der Waals surface area contributed by atoms with E-state index in [4.69, 9.17) is 4.74 Å². The number of phenolic OH excluding ortho intramolecular Hbond substituents is 1. The van der Waals surface area contributed by atoms with E-state index in [2.05, 4.69) is 16.0 Å². The number of nitrogens with zero attached hydrogens (tertiary/aromatic N) is 2. The predicted octanol–water partition coefficient (Wildman–Crippen LogP) is 3.95. The number of pyridine rings is 2. The highest BCUT2D eigenvalue weighted by atomic mass is 16.5. The van der Waals surface area contributed by atoms with Crippen molar-refractivity contribution in [1.29, 1.82) is 0 Å². The first-order chi connectivity index (χ1) is 11.7. The molecule has 2 heterocycles. The van der Waals surface area contributed by atoms with Crippen molar-refractivity contribution in [1.82, 2.24) is 9.97 Å². The van der Waals surface area contributed by atoms with Gasteiger partial charge >= 0.3 is 0 Å². The van der Waals surface area contributed by atoms with Crippen molar-refractivity contribution in [2.45, 2.75) is 19.8 Å². The van der Waals surface area contributed by atoms with Crippen molar-refractivity contribution in [3.8, 4) is 22.9 Å². The molecule has 0 aliphatic carbocycles. The molecule has 24 heavy (non-hydrogen) atoms. The second kappa shape index (κ2) is 7.13. The Balaban J connectivity index is 1.75. The summed E-state index contributed by atoms with van der Waals surface area (Å²) in [7, 11) is 1.56. The van der Waals surface area contributed by atoms with E-state index in [1.165, 1.54) is 11.1 Å². The van der Waals surface area contributed by atoms with Gasteiger partial charge in [0, 0.05) is 12.4 Å². The molecule has 1 N–H and O–H groups in total. The van der Waals surface area contributed by atoms with Crippen molar-refractivity contribution in [2.24, 2.45) is 0 Å². The first-order valence-electron chi connectivity index (χ1n) is 7.89. The zero-order chi connectivity index (χ0) is 16.9. The zero-order valence-electron chi connectivity index (χ0n) is 13.9. The maximum atomic E-state index is 9.66. The molecule has 122 valence electrons. The van der Waals surface area contributed by atoms with Crippen LogP contribution in [0.25, 0.3) is 11.4 Å². The van der Waals surface area contributed by atoms with Gasteiger partial charge in [-0.15, -0.1) is 0 Å². The Kier molecular flexibility index (Phi) is 4.75. The molecule has 0 atom stereocenters. The highest BCUT2D eigenvalue weighted by Crippen LogP contribution is 2.27. The molecule has 2 aromatic heterocycles. The van der Waals surface area contributed by atoms with E-state index < -0.39 is 0 Å². The van der Waals surface area contributed by atoms with Gasteiger partial charge < -0.3 is 9.84 Å². The smallest absolute Gasteiger partial charge is 0.160 e. The highest BCUT2D eigenvalue weighted by molar-refractivity contribution is 5.55. The van der Waals surface area contributed by atoms with E-state index in [0.717, 1.165) is 29.8 Å². The number of aryl methyl sites for hydroxylation is 3. The van der Waals surface area contributed by atoms with Crippen LogP contribution in [-0.2, 0) is 12.8 Å². The summed E-state index contributed by atoms with van der Waals surface area (Å²) in [6.45, 7) is 2.05.